The zero-order valence-electron chi connectivity index (χ0n) is 13.1. The van der Waals surface area contributed by atoms with E-state index in [-0.39, 0.29) is 12.2 Å². The number of benzene rings is 1. The Morgan fingerprint density at radius 2 is 2.23 bits per heavy atom. The van der Waals surface area contributed by atoms with Crippen molar-refractivity contribution in [1.29, 1.82) is 0 Å². The van der Waals surface area contributed by atoms with E-state index in [0.29, 0.717) is 6.04 Å². The van der Waals surface area contributed by atoms with E-state index < -0.39 is 0 Å². The molecule has 0 radical (unpaired) electrons. The van der Waals surface area contributed by atoms with Gasteiger partial charge in [0.25, 0.3) is 5.56 Å². The second-order valence-electron chi connectivity index (χ2n) is 6.28. The highest BCUT2D eigenvalue weighted by Crippen LogP contribution is 2.18. The number of nitrogens with one attached hydrogen (secondary N) is 1. The molecule has 1 fully saturated rings. The molecule has 0 amide bonds. The highest BCUT2D eigenvalue weighted by molar-refractivity contribution is 5.84. The van der Waals surface area contributed by atoms with Gasteiger partial charge in [0, 0.05) is 17.1 Å². The summed E-state index contributed by atoms with van der Waals surface area (Å²) in [6, 6.07) is 8.29. The maximum atomic E-state index is 12.2. The van der Waals surface area contributed by atoms with Gasteiger partial charge in [0.15, 0.2) is 0 Å². The van der Waals surface area contributed by atoms with Gasteiger partial charge in [0.2, 0.25) is 0 Å². The van der Waals surface area contributed by atoms with E-state index in [1.54, 1.807) is 0 Å². The van der Waals surface area contributed by atoms with Crippen molar-refractivity contribution in [3.05, 3.63) is 45.9 Å². The fraction of sp³-hybridized carbons (Fsp3) is 0.500. The summed E-state index contributed by atoms with van der Waals surface area (Å²) in [6.07, 6.45) is 4.15. The van der Waals surface area contributed by atoms with Crippen LogP contribution in [-0.4, -0.2) is 40.7 Å². The Hall–Kier alpha value is -1.65. The van der Waals surface area contributed by atoms with Crippen LogP contribution in [-0.2, 0) is 6.42 Å². The van der Waals surface area contributed by atoms with E-state index in [2.05, 4.69) is 16.0 Å². The second-order valence-corrected chi connectivity index (χ2v) is 6.28. The van der Waals surface area contributed by atoms with Gasteiger partial charge in [-0.1, -0.05) is 12.1 Å². The first-order valence-corrected chi connectivity index (χ1v) is 8.15. The smallest absolute Gasteiger partial charge is 0.256 e. The maximum Gasteiger partial charge on any atom is 0.256 e. The van der Waals surface area contributed by atoms with Gasteiger partial charge < -0.3 is 10.1 Å². The van der Waals surface area contributed by atoms with Crippen molar-refractivity contribution in [3.63, 3.8) is 0 Å². The number of aliphatic hydroxyl groups is 1. The lowest BCUT2D eigenvalue weighted by Crippen LogP contribution is -2.33. The second kappa shape index (κ2) is 6.63. The van der Waals surface area contributed by atoms with Crippen LogP contribution in [0.2, 0.25) is 0 Å². The van der Waals surface area contributed by atoms with Crippen LogP contribution in [0.5, 0.6) is 0 Å². The number of likely N-dealkylation sites (tertiary alicyclic amines) is 1. The number of rotatable bonds is 5. The molecule has 4 heteroatoms. The van der Waals surface area contributed by atoms with Crippen LogP contribution in [0.15, 0.2) is 29.1 Å². The van der Waals surface area contributed by atoms with Gasteiger partial charge in [-0.05, 0) is 68.8 Å². The van der Waals surface area contributed by atoms with E-state index in [1.807, 2.05) is 25.1 Å². The number of pyridine rings is 1. The third kappa shape index (κ3) is 3.08. The number of aliphatic hydroxyl groups excluding tert-OH is 1. The Kier molecular flexibility index (Phi) is 4.60. The predicted octanol–water partition coefficient (Wildman–Crippen LogP) is 2.23. The summed E-state index contributed by atoms with van der Waals surface area (Å²) in [5.41, 5.74) is 2.15. The molecule has 0 saturated carbocycles. The van der Waals surface area contributed by atoms with Crippen molar-refractivity contribution in [2.24, 2.45) is 0 Å². The Balaban J connectivity index is 1.69. The van der Waals surface area contributed by atoms with Gasteiger partial charge >= 0.3 is 0 Å². The first-order valence-electron chi connectivity index (χ1n) is 8.15. The lowest BCUT2D eigenvalue weighted by Gasteiger charge is -2.22. The van der Waals surface area contributed by atoms with E-state index in [1.165, 1.54) is 6.42 Å². The molecule has 0 bridgehead atoms. The molecule has 1 aromatic carbocycles. The first-order chi connectivity index (χ1) is 10.7. The molecule has 1 saturated heterocycles. The summed E-state index contributed by atoms with van der Waals surface area (Å²) < 4.78 is 0. The molecule has 118 valence electrons. The minimum absolute atomic E-state index is 0.00519. The van der Waals surface area contributed by atoms with E-state index in [9.17, 15) is 9.90 Å². The van der Waals surface area contributed by atoms with Gasteiger partial charge in [0.05, 0.1) is 6.61 Å². The number of nitrogens with zero attached hydrogens (tertiary/aromatic N) is 1. The summed E-state index contributed by atoms with van der Waals surface area (Å²) in [4.78, 5) is 17.5. The van der Waals surface area contributed by atoms with Crippen molar-refractivity contribution in [2.45, 2.75) is 38.6 Å². The Morgan fingerprint density at radius 3 is 3.05 bits per heavy atom. The Labute approximate surface area is 130 Å². The van der Waals surface area contributed by atoms with E-state index in [4.69, 9.17) is 0 Å². The average Bonchev–Trinajstić information content (AvgIpc) is 2.96. The molecule has 22 heavy (non-hydrogen) atoms. The zero-order chi connectivity index (χ0) is 15.5. The third-order valence-corrected chi connectivity index (χ3v) is 4.76. The molecular formula is C18H24N2O2. The third-order valence-electron chi connectivity index (χ3n) is 4.76. The van der Waals surface area contributed by atoms with Gasteiger partial charge in [-0.25, -0.2) is 0 Å². The van der Waals surface area contributed by atoms with E-state index >= 15 is 0 Å². The van der Waals surface area contributed by atoms with Gasteiger partial charge in [-0.15, -0.1) is 0 Å². The number of fused-ring (bicyclic) bond motifs is 1. The molecule has 3 rings (SSSR count). The zero-order valence-corrected chi connectivity index (χ0v) is 13.1. The van der Waals surface area contributed by atoms with Gasteiger partial charge in [0.1, 0.15) is 0 Å². The first kappa shape index (κ1) is 15.3. The minimum Gasteiger partial charge on any atom is -0.395 e. The number of hydrogen-bond acceptors (Lipinski definition) is 3. The summed E-state index contributed by atoms with van der Waals surface area (Å²) in [5, 5.41) is 11.2. The van der Waals surface area contributed by atoms with Crippen LogP contribution in [0.3, 0.4) is 0 Å². The average molecular weight is 300 g/mol. The molecule has 0 unspecified atom stereocenters. The standard InChI is InChI=1S/C18H24N2O2/c1-13-5-2-8-16-17(13)11-14(19-18(16)22)6-3-9-20-10-4-7-15(20)12-21/h2,5,8,11,15,21H,3-4,6-7,9-10,12H2,1H3,(H,19,22)/t15-/m0/s1. The Bertz CT molecular complexity index is 708. The normalized spacial score (nSPS) is 19.1. The van der Waals surface area contributed by atoms with Gasteiger partial charge in [-0.3, -0.25) is 9.69 Å². The lowest BCUT2D eigenvalue weighted by molar-refractivity contribution is 0.158. The number of aryl methyl sites for hydroxylation is 2. The highest BCUT2D eigenvalue weighted by atomic mass is 16.3. The van der Waals surface area contributed by atoms with Crippen molar-refractivity contribution >= 4 is 10.8 Å². The van der Waals surface area contributed by atoms with Crippen molar-refractivity contribution in [3.8, 4) is 0 Å². The molecule has 0 aliphatic carbocycles. The van der Waals surface area contributed by atoms with Crippen LogP contribution in [0, 0.1) is 6.92 Å². The van der Waals surface area contributed by atoms with Gasteiger partial charge in [-0.2, -0.15) is 0 Å². The fourth-order valence-corrected chi connectivity index (χ4v) is 3.50. The fourth-order valence-electron chi connectivity index (χ4n) is 3.50. The SMILES string of the molecule is Cc1cccc2c(=O)[nH]c(CCCN3CCC[C@H]3CO)cc12. The summed E-state index contributed by atoms with van der Waals surface area (Å²) >= 11 is 0. The molecule has 1 aliphatic rings. The topological polar surface area (TPSA) is 56.3 Å². The minimum atomic E-state index is 0.00519. The maximum absolute atomic E-state index is 12.2. The number of hydrogen-bond donors (Lipinski definition) is 2. The highest BCUT2D eigenvalue weighted by Gasteiger charge is 2.22. The molecule has 2 N–H and O–H groups in total. The van der Waals surface area contributed by atoms with Crippen molar-refractivity contribution in [2.75, 3.05) is 19.7 Å². The number of H-pyrrole nitrogens is 1. The Morgan fingerprint density at radius 1 is 1.36 bits per heavy atom. The van der Waals surface area contributed by atoms with Crippen molar-refractivity contribution in [1.82, 2.24) is 9.88 Å². The largest absolute Gasteiger partial charge is 0.395 e. The molecule has 2 heterocycles. The molecule has 1 aromatic heterocycles. The van der Waals surface area contributed by atoms with Crippen LogP contribution in [0.4, 0.5) is 0 Å². The van der Waals surface area contributed by atoms with E-state index in [0.717, 1.165) is 54.4 Å². The molecule has 1 aliphatic heterocycles. The van der Waals surface area contributed by atoms with Crippen LogP contribution in [0.25, 0.3) is 10.8 Å². The molecule has 0 spiro atoms. The molecule has 4 nitrogen and oxygen atoms in total. The summed E-state index contributed by atoms with van der Waals surface area (Å²) in [7, 11) is 0. The van der Waals surface area contributed by atoms with Crippen LogP contribution in [0.1, 0.15) is 30.5 Å². The summed E-state index contributed by atoms with van der Waals surface area (Å²) in [6.45, 7) is 4.37. The number of aromatic amines is 1. The van der Waals surface area contributed by atoms with Crippen LogP contribution >= 0.6 is 0 Å². The molecule has 1 atom stereocenters. The molecular weight excluding hydrogens is 276 g/mol. The summed E-state index contributed by atoms with van der Waals surface area (Å²) in [5.74, 6) is 0. The van der Waals surface area contributed by atoms with Crippen molar-refractivity contribution < 1.29 is 5.11 Å². The predicted molar refractivity (Wildman–Crippen MR) is 89.3 cm³/mol. The quantitative estimate of drug-likeness (QED) is 0.890. The lowest BCUT2D eigenvalue weighted by atomic mass is 10.1. The monoisotopic (exact) mass is 300 g/mol. The van der Waals surface area contributed by atoms with Crippen LogP contribution < -0.4 is 5.56 Å². The molecule has 2 aromatic rings. The number of aromatic nitrogens is 1.